The second-order valence-corrected chi connectivity index (χ2v) is 6.08. The monoisotopic (exact) mass is 327 g/mol. The molecular formula is C21H29NO2. The molecule has 1 atom stereocenters. The fourth-order valence-electron chi connectivity index (χ4n) is 2.68. The van der Waals surface area contributed by atoms with Crippen LogP contribution < -0.4 is 10.1 Å². The molecule has 0 radical (unpaired) electrons. The number of nitrogens with one attached hydrogen (secondary N) is 1. The molecule has 0 aliphatic heterocycles. The Morgan fingerprint density at radius 1 is 1.00 bits per heavy atom. The Morgan fingerprint density at radius 2 is 1.75 bits per heavy atom. The quantitative estimate of drug-likeness (QED) is 0.670. The van der Waals surface area contributed by atoms with Gasteiger partial charge in [-0.2, -0.15) is 0 Å². The third kappa shape index (κ3) is 5.99. The molecule has 0 spiro atoms. The van der Waals surface area contributed by atoms with E-state index in [9.17, 15) is 5.11 Å². The van der Waals surface area contributed by atoms with Crippen molar-refractivity contribution >= 4 is 0 Å². The summed E-state index contributed by atoms with van der Waals surface area (Å²) in [7, 11) is 0. The van der Waals surface area contributed by atoms with E-state index in [1.54, 1.807) is 0 Å². The van der Waals surface area contributed by atoms with Crippen LogP contribution in [-0.2, 0) is 13.1 Å². The summed E-state index contributed by atoms with van der Waals surface area (Å²) in [5, 5.41) is 13.6. The zero-order valence-electron chi connectivity index (χ0n) is 14.8. The average Bonchev–Trinajstić information content (AvgIpc) is 2.61. The molecule has 3 heteroatoms. The second-order valence-electron chi connectivity index (χ2n) is 6.08. The minimum atomic E-state index is -0.340. The van der Waals surface area contributed by atoms with Crippen molar-refractivity contribution in [1.82, 2.24) is 5.32 Å². The molecule has 0 aliphatic carbocycles. The largest absolute Gasteiger partial charge is 0.494 e. The molecule has 3 nitrogen and oxygen atoms in total. The van der Waals surface area contributed by atoms with Gasteiger partial charge in [0, 0.05) is 13.1 Å². The van der Waals surface area contributed by atoms with Gasteiger partial charge >= 0.3 is 0 Å². The molecule has 0 fully saturated rings. The number of aliphatic hydroxyl groups excluding tert-OH is 1. The number of aliphatic hydroxyl groups is 1. The van der Waals surface area contributed by atoms with Crippen molar-refractivity contribution in [2.45, 2.75) is 52.3 Å². The molecule has 0 amide bonds. The maximum absolute atomic E-state index is 10.1. The lowest BCUT2D eigenvalue weighted by atomic mass is 10.0. The van der Waals surface area contributed by atoms with E-state index in [1.165, 1.54) is 11.1 Å². The molecule has 130 valence electrons. The molecule has 24 heavy (non-hydrogen) atoms. The molecule has 0 aliphatic rings. The molecule has 0 heterocycles. The number of hydrogen-bond donors (Lipinski definition) is 2. The van der Waals surface area contributed by atoms with Gasteiger partial charge in [0.2, 0.25) is 0 Å². The van der Waals surface area contributed by atoms with Crippen LogP contribution in [0.5, 0.6) is 5.75 Å². The molecule has 0 saturated heterocycles. The Bertz CT molecular complexity index is 595. The van der Waals surface area contributed by atoms with Crippen LogP contribution in [0.3, 0.4) is 0 Å². The molecule has 0 aromatic heterocycles. The lowest BCUT2D eigenvalue weighted by Crippen LogP contribution is -2.12. The summed E-state index contributed by atoms with van der Waals surface area (Å²) < 4.78 is 5.52. The zero-order valence-corrected chi connectivity index (χ0v) is 14.8. The van der Waals surface area contributed by atoms with Crippen LogP contribution in [0.15, 0.2) is 48.5 Å². The summed E-state index contributed by atoms with van der Waals surface area (Å²) in [5.41, 5.74) is 3.45. The smallest absolute Gasteiger partial charge is 0.119 e. The second kappa shape index (κ2) is 10.1. The average molecular weight is 327 g/mol. The van der Waals surface area contributed by atoms with E-state index in [2.05, 4.69) is 36.5 Å². The molecular weight excluding hydrogens is 298 g/mol. The number of hydrogen-bond acceptors (Lipinski definition) is 3. The minimum absolute atomic E-state index is 0.340. The molecule has 2 aromatic rings. The van der Waals surface area contributed by atoms with E-state index in [-0.39, 0.29) is 6.10 Å². The van der Waals surface area contributed by atoms with Gasteiger partial charge < -0.3 is 15.2 Å². The van der Waals surface area contributed by atoms with E-state index in [0.717, 1.165) is 43.7 Å². The van der Waals surface area contributed by atoms with Crippen LogP contribution in [0.1, 0.15) is 55.9 Å². The van der Waals surface area contributed by atoms with Crippen LogP contribution in [0, 0.1) is 0 Å². The fraction of sp³-hybridized carbons (Fsp3) is 0.429. The molecule has 0 bridgehead atoms. The standard InChI is InChI=1S/C21H29NO2/c1-3-5-9-21(23)19-12-10-17(11-13-19)15-22-16-18-7-6-8-20(14-18)24-4-2/h6-8,10-14,21-23H,3-5,9,15-16H2,1-2H3. The van der Waals surface area contributed by atoms with Gasteiger partial charge in [0.25, 0.3) is 0 Å². The minimum Gasteiger partial charge on any atom is -0.494 e. The van der Waals surface area contributed by atoms with Gasteiger partial charge in [-0.05, 0) is 42.2 Å². The highest BCUT2D eigenvalue weighted by Crippen LogP contribution is 2.19. The van der Waals surface area contributed by atoms with Gasteiger partial charge in [0.15, 0.2) is 0 Å². The van der Waals surface area contributed by atoms with Crippen LogP contribution in [0.25, 0.3) is 0 Å². The van der Waals surface area contributed by atoms with Crippen LogP contribution in [0.2, 0.25) is 0 Å². The SMILES string of the molecule is CCCCC(O)c1ccc(CNCc2cccc(OCC)c2)cc1. The normalized spacial score (nSPS) is 12.1. The predicted molar refractivity (Wildman–Crippen MR) is 99.1 cm³/mol. The van der Waals surface area contributed by atoms with E-state index < -0.39 is 0 Å². The summed E-state index contributed by atoms with van der Waals surface area (Å²) in [6.45, 7) is 6.44. The summed E-state index contributed by atoms with van der Waals surface area (Å²) in [6.07, 6.45) is 2.67. The Labute approximate surface area is 145 Å². The molecule has 0 saturated carbocycles. The topological polar surface area (TPSA) is 41.5 Å². The predicted octanol–water partition coefficient (Wildman–Crippen LogP) is 4.60. The Balaban J connectivity index is 1.81. The van der Waals surface area contributed by atoms with Gasteiger partial charge in [0.05, 0.1) is 12.7 Å². The first kappa shape index (κ1) is 18.5. The number of benzene rings is 2. The number of rotatable bonds is 10. The van der Waals surface area contributed by atoms with Crippen LogP contribution in [0.4, 0.5) is 0 Å². The van der Waals surface area contributed by atoms with E-state index in [1.807, 2.05) is 31.2 Å². The van der Waals surface area contributed by atoms with Crippen molar-refractivity contribution < 1.29 is 9.84 Å². The van der Waals surface area contributed by atoms with Gasteiger partial charge in [-0.25, -0.2) is 0 Å². The van der Waals surface area contributed by atoms with E-state index >= 15 is 0 Å². The van der Waals surface area contributed by atoms with Gasteiger partial charge in [0.1, 0.15) is 5.75 Å². The summed E-state index contributed by atoms with van der Waals surface area (Å²) >= 11 is 0. The maximum atomic E-state index is 10.1. The lowest BCUT2D eigenvalue weighted by Gasteiger charge is -2.11. The highest BCUT2D eigenvalue weighted by molar-refractivity contribution is 5.28. The Hall–Kier alpha value is -1.84. The van der Waals surface area contributed by atoms with Crippen molar-refractivity contribution in [2.75, 3.05) is 6.61 Å². The first-order chi connectivity index (χ1) is 11.7. The van der Waals surface area contributed by atoms with E-state index in [0.29, 0.717) is 6.61 Å². The summed E-state index contributed by atoms with van der Waals surface area (Å²) in [4.78, 5) is 0. The highest BCUT2D eigenvalue weighted by atomic mass is 16.5. The highest BCUT2D eigenvalue weighted by Gasteiger charge is 2.06. The van der Waals surface area contributed by atoms with Crippen molar-refractivity contribution in [3.05, 3.63) is 65.2 Å². The Kier molecular flexibility index (Phi) is 7.80. The van der Waals surface area contributed by atoms with E-state index in [4.69, 9.17) is 4.74 Å². The summed E-state index contributed by atoms with van der Waals surface area (Å²) in [6, 6.07) is 16.4. The van der Waals surface area contributed by atoms with Gasteiger partial charge in [-0.1, -0.05) is 56.2 Å². The van der Waals surface area contributed by atoms with Gasteiger partial charge in [-0.15, -0.1) is 0 Å². The third-order valence-corrected chi connectivity index (χ3v) is 4.06. The number of ether oxygens (including phenoxy) is 1. The zero-order chi connectivity index (χ0) is 17.2. The van der Waals surface area contributed by atoms with Crippen molar-refractivity contribution in [1.29, 1.82) is 0 Å². The molecule has 2 rings (SSSR count). The van der Waals surface area contributed by atoms with Crippen LogP contribution >= 0.6 is 0 Å². The van der Waals surface area contributed by atoms with Crippen molar-refractivity contribution in [2.24, 2.45) is 0 Å². The molecule has 1 unspecified atom stereocenters. The van der Waals surface area contributed by atoms with Crippen molar-refractivity contribution in [3.8, 4) is 5.75 Å². The number of unbranched alkanes of at least 4 members (excludes halogenated alkanes) is 1. The summed E-state index contributed by atoms with van der Waals surface area (Å²) in [5.74, 6) is 0.919. The maximum Gasteiger partial charge on any atom is 0.119 e. The lowest BCUT2D eigenvalue weighted by molar-refractivity contribution is 0.164. The van der Waals surface area contributed by atoms with Crippen molar-refractivity contribution in [3.63, 3.8) is 0 Å². The molecule has 2 aromatic carbocycles. The third-order valence-electron chi connectivity index (χ3n) is 4.06. The fourth-order valence-corrected chi connectivity index (χ4v) is 2.68. The Morgan fingerprint density at radius 3 is 2.46 bits per heavy atom. The first-order valence-corrected chi connectivity index (χ1v) is 8.92. The first-order valence-electron chi connectivity index (χ1n) is 8.92. The van der Waals surface area contributed by atoms with Gasteiger partial charge in [-0.3, -0.25) is 0 Å². The molecule has 2 N–H and O–H groups in total. The van der Waals surface area contributed by atoms with Crippen LogP contribution in [-0.4, -0.2) is 11.7 Å².